The maximum absolute atomic E-state index is 6.34. The molecular weight excluding hydrogens is 180 g/mol. The van der Waals surface area contributed by atoms with Crippen molar-refractivity contribution < 1.29 is 0 Å². The van der Waals surface area contributed by atoms with Crippen molar-refractivity contribution in [3.05, 3.63) is 35.9 Å². The predicted octanol–water partition coefficient (Wildman–Crippen LogP) is 4.40. The molecule has 0 amide bonds. The van der Waals surface area contributed by atoms with E-state index in [-0.39, 0.29) is 5.38 Å². The van der Waals surface area contributed by atoms with Crippen molar-refractivity contribution in [2.75, 3.05) is 0 Å². The van der Waals surface area contributed by atoms with Gasteiger partial charge >= 0.3 is 0 Å². The Morgan fingerprint density at radius 1 is 1.23 bits per heavy atom. The van der Waals surface area contributed by atoms with Crippen LogP contribution in [0.1, 0.15) is 37.6 Å². The molecule has 0 aromatic heterocycles. The molecule has 0 N–H and O–H groups in total. The van der Waals surface area contributed by atoms with E-state index in [0.29, 0.717) is 5.92 Å². The summed E-state index contributed by atoms with van der Waals surface area (Å²) in [6.45, 7) is 4.42. The SMILES string of the molecule is CCCC(C)C(Cl)c1ccccc1. The van der Waals surface area contributed by atoms with Crippen LogP contribution in [0.3, 0.4) is 0 Å². The molecule has 2 atom stereocenters. The Hall–Kier alpha value is -0.490. The van der Waals surface area contributed by atoms with Gasteiger partial charge in [-0.25, -0.2) is 0 Å². The highest BCUT2D eigenvalue weighted by Crippen LogP contribution is 2.31. The molecule has 0 aliphatic rings. The van der Waals surface area contributed by atoms with Crippen LogP contribution in [0.25, 0.3) is 0 Å². The van der Waals surface area contributed by atoms with Gasteiger partial charge in [-0.2, -0.15) is 0 Å². The molecule has 0 nitrogen and oxygen atoms in total. The maximum atomic E-state index is 6.34. The van der Waals surface area contributed by atoms with Crippen LogP contribution in [0.5, 0.6) is 0 Å². The van der Waals surface area contributed by atoms with Gasteiger partial charge in [0.25, 0.3) is 0 Å². The fourth-order valence-corrected chi connectivity index (χ4v) is 1.84. The topological polar surface area (TPSA) is 0 Å². The van der Waals surface area contributed by atoms with Gasteiger partial charge in [-0.3, -0.25) is 0 Å². The van der Waals surface area contributed by atoms with E-state index in [2.05, 4.69) is 26.0 Å². The van der Waals surface area contributed by atoms with Gasteiger partial charge in [0.2, 0.25) is 0 Å². The van der Waals surface area contributed by atoms with Crippen molar-refractivity contribution in [3.8, 4) is 0 Å². The number of alkyl halides is 1. The quantitative estimate of drug-likeness (QED) is 0.627. The van der Waals surface area contributed by atoms with Crippen LogP contribution in [-0.2, 0) is 0 Å². The molecule has 0 aliphatic heterocycles. The summed E-state index contributed by atoms with van der Waals surface area (Å²) in [5.41, 5.74) is 1.24. The summed E-state index contributed by atoms with van der Waals surface area (Å²) in [6, 6.07) is 10.3. The van der Waals surface area contributed by atoms with Crippen molar-refractivity contribution in [2.24, 2.45) is 5.92 Å². The van der Waals surface area contributed by atoms with Gasteiger partial charge in [0, 0.05) is 0 Å². The van der Waals surface area contributed by atoms with E-state index in [1.165, 1.54) is 18.4 Å². The molecule has 0 heterocycles. The molecule has 0 bridgehead atoms. The zero-order valence-electron chi connectivity index (χ0n) is 8.33. The Kier molecular flexibility index (Phi) is 4.31. The molecular formula is C12H17Cl. The van der Waals surface area contributed by atoms with E-state index in [4.69, 9.17) is 11.6 Å². The molecule has 0 aliphatic carbocycles. The molecule has 13 heavy (non-hydrogen) atoms. The average Bonchev–Trinajstić information content (AvgIpc) is 2.18. The molecule has 0 radical (unpaired) electrons. The van der Waals surface area contributed by atoms with E-state index < -0.39 is 0 Å². The first-order chi connectivity index (χ1) is 6.25. The highest BCUT2D eigenvalue weighted by Gasteiger charge is 2.14. The first-order valence-electron chi connectivity index (χ1n) is 4.94. The number of hydrogen-bond donors (Lipinski definition) is 0. The summed E-state index contributed by atoms with van der Waals surface area (Å²) < 4.78 is 0. The summed E-state index contributed by atoms with van der Waals surface area (Å²) in [4.78, 5) is 0. The van der Waals surface area contributed by atoms with Gasteiger partial charge in [0.05, 0.1) is 5.38 Å². The van der Waals surface area contributed by atoms with Crippen molar-refractivity contribution in [3.63, 3.8) is 0 Å². The van der Waals surface area contributed by atoms with E-state index in [0.717, 1.165) is 0 Å². The fourth-order valence-electron chi connectivity index (χ4n) is 1.57. The molecule has 2 unspecified atom stereocenters. The van der Waals surface area contributed by atoms with E-state index in [1.807, 2.05) is 18.2 Å². The van der Waals surface area contributed by atoms with Gasteiger partial charge in [0.15, 0.2) is 0 Å². The Morgan fingerprint density at radius 3 is 2.38 bits per heavy atom. The molecule has 1 aromatic rings. The molecule has 1 rings (SSSR count). The molecule has 0 saturated carbocycles. The monoisotopic (exact) mass is 196 g/mol. The highest BCUT2D eigenvalue weighted by atomic mass is 35.5. The molecule has 72 valence electrons. The van der Waals surface area contributed by atoms with Gasteiger partial charge in [-0.15, -0.1) is 11.6 Å². The lowest BCUT2D eigenvalue weighted by atomic mass is 9.96. The summed E-state index contributed by atoms with van der Waals surface area (Å²) in [5.74, 6) is 0.564. The second-order valence-corrected chi connectivity index (χ2v) is 4.05. The van der Waals surface area contributed by atoms with Crippen LogP contribution in [0.2, 0.25) is 0 Å². The molecule has 0 saturated heterocycles. The van der Waals surface area contributed by atoms with Crippen molar-refractivity contribution in [1.29, 1.82) is 0 Å². The minimum absolute atomic E-state index is 0.168. The van der Waals surface area contributed by atoms with Crippen LogP contribution in [0.4, 0.5) is 0 Å². The number of benzene rings is 1. The smallest absolute Gasteiger partial charge is 0.0610 e. The first-order valence-corrected chi connectivity index (χ1v) is 5.38. The Bertz CT molecular complexity index is 230. The minimum Gasteiger partial charge on any atom is -0.118 e. The van der Waals surface area contributed by atoms with Crippen molar-refractivity contribution in [2.45, 2.75) is 32.1 Å². The summed E-state index contributed by atoms with van der Waals surface area (Å²) in [6.07, 6.45) is 2.40. The van der Waals surface area contributed by atoms with Crippen LogP contribution < -0.4 is 0 Å². The van der Waals surface area contributed by atoms with Crippen LogP contribution in [0.15, 0.2) is 30.3 Å². The van der Waals surface area contributed by atoms with E-state index in [1.54, 1.807) is 0 Å². The zero-order chi connectivity index (χ0) is 9.68. The standard InChI is InChI=1S/C12H17Cl/c1-3-7-10(2)12(13)11-8-5-4-6-9-11/h4-6,8-10,12H,3,7H2,1-2H3. The molecule has 0 fully saturated rings. The van der Waals surface area contributed by atoms with Crippen LogP contribution in [-0.4, -0.2) is 0 Å². The van der Waals surface area contributed by atoms with Crippen LogP contribution in [0, 0.1) is 5.92 Å². The zero-order valence-corrected chi connectivity index (χ0v) is 9.09. The minimum atomic E-state index is 0.168. The second-order valence-electron chi connectivity index (χ2n) is 3.58. The summed E-state index contributed by atoms with van der Waals surface area (Å²) in [5, 5.41) is 0.168. The third-order valence-electron chi connectivity index (χ3n) is 2.36. The lowest BCUT2D eigenvalue weighted by Crippen LogP contribution is -2.03. The lowest BCUT2D eigenvalue weighted by molar-refractivity contribution is 0.507. The second kappa shape index (κ2) is 5.29. The normalized spacial score (nSPS) is 15.3. The Morgan fingerprint density at radius 2 is 1.85 bits per heavy atom. The molecule has 1 aromatic carbocycles. The Balaban J connectivity index is 2.62. The summed E-state index contributed by atoms with van der Waals surface area (Å²) in [7, 11) is 0. The van der Waals surface area contributed by atoms with E-state index >= 15 is 0 Å². The number of halogens is 1. The van der Waals surface area contributed by atoms with Crippen LogP contribution >= 0.6 is 11.6 Å². The van der Waals surface area contributed by atoms with Crippen molar-refractivity contribution >= 4 is 11.6 Å². The first kappa shape index (κ1) is 10.6. The average molecular weight is 197 g/mol. The third-order valence-corrected chi connectivity index (χ3v) is 3.04. The van der Waals surface area contributed by atoms with Crippen molar-refractivity contribution in [1.82, 2.24) is 0 Å². The fraction of sp³-hybridized carbons (Fsp3) is 0.500. The van der Waals surface area contributed by atoms with Gasteiger partial charge in [-0.05, 0) is 17.9 Å². The van der Waals surface area contributed by atoms with Gasteiger partial charge in [0.1, 0.15) is 0 Å². The summed E-state index contributed by atoms with van der Waals surface area (Å²) >= 11 is 6.34. The number of rotatable bonds is 4. The molecule has 1 heteroatoms. The lowest BCUT2D eigenvalue weighted by Gasteiger charge is -2.17. The predicted molar refractivity (Wildman–Crippen MR) is 59.1 cm³/mol. The number of hydrogen-bond acceptors (Lipinski definition) is 0. The highest BCUT2D eigenvalue weighted by molar-refractivity contribution is 6.20. The molecule has 0 spiro atoms. The third kappa shape index (κ3) is 3.04. The van der Waals surface area contributed by atoms with Gasteiger partial charge in [-0.1, -0.05) is 50.6 Å². The van der Waals surface area contributed by atoms with E-state index in [9.17, 15) is 0 Å². The Labute approximate surface area is 85.9 Å². The maximum Gasteiger partial charge on any atom is 0.0610 e. The largest absolute Gasteiger partial charge is 0.118 e. The van der Waals surface area contributed by atoms with Gasteiger partial charge < -0.3 is 0 Å².